The van der Waals surface area contributed by atoms with Gasteiger partial charge < -0.3 is 58.4 Å². The maximum Gasteiger partial charge on any atom is 0.111 e. The maximum absolute atomic E-state index is 9.47. The van der Waals surface area contributed by atoms with E-state index in [0.717, 1.165) is 0 Å². The fraction of sp³-hybridized carbons (Fsp3) is 0.773. The third kappa shape index (κ3) is 54.4. The number of carbonyl (C=O) groups excluding carboxylic acids is 2. The van der Waals surface area contributed by atoms with Crippen molar-refractivity contribution < 1.29 is 99.0 Å². The predicted molar refractivity (Wildman–Crippen MR) is 259 cm³/mol. The highest BCUT2D eigenvalue weighted by Gasteiger charge is 2.30. The average molecular weight is 999 g/mol. The second kappa shape index (κ2) is 73.4. The Morgan fingerprint density at radius 1 is 0.382 bits per heavy atom. The standard InChI is InChI=1S/C34H74N4O18.4C2H4.2CH2O/c1-31(37(11-23-52-43)12-24-53-44)51-30-34(56-32(2)38(13-25-54-45)14-26-55-46)33(50-22-10-36(6-4-16-40)8-20-48-28-18-42)29-49-21-9-35(5-3-15-39)7-19-47-27-17-41;6*1-2/h31-34,39-46H,3-30H2,1-2H3;4*1-2H2;2*1H2. The molecule has 410 valence electrons. The Labute approximate surface area is 406 Å². The fourth-order valence-electron chi connectivity index (χ4n) is 5.46. The molecule has 4 atom stereocenters. The molecule has 0 amide bonds. The van der Waals surface area contributed by atoms with Gasteiger partial charge in [-0.2, -0.15) is 0 Å². The molecule has 24 heteroatoms. The Bertz CT molecular complexity index is 876. The molecule has 0 aromatic rings. The quantitative estimate of drug-likeness (QED) is 0.0140. The van der Waals surface area contributed by atoms with Crippen molar-refractivity contribution in [1.82, 2.24) is 19.6 Å². The monoisotopic (exact) mass is 999 g/mol. The van der Waals surface area contributed by atoms with Gasteiger partial charge in [0.25, 0.3) is 0 Å². The highest BCUT2D eigenvalue weighted by molar-refractivity contribution is 5.11. The molecule has 0 saturated carbocycles. The molecule has 8 N–H and O–H groups in total. The molecule has 0 aromatic heterocycles. The zero-order valence-electron chi connectivity index (χ0n) is 41.4. The van der Waals surface area contributed by atoms with Crippen LogP contribution in [-0.4, -0.2) is 270 Å². The van der Waals surface area contributed by atoms with Gasteiger partial charge in [0, 0.05) is 78.7 Å². The predicted octanol–water partition coefficient (Wildman–Crippen LogP) is 1.27. The van der Waals surface area contributed by atoms with E-state index < -0.39 is 24.7 Å². The topological polar surface area (TPSA) is 301 Å². The van der Waals surface area contributed by atoms with Crippen LogP contribution >= 0.6 is 0 Å². The van der Waals surface area contributed by atoms with E-state index in [4.69, 9.17) is 69.3 Å². The second-order valence-electron chi connectivity index (χ2n) is 12.6. The maximum atomic E-state index is 9.47. The van der Waals surface area contributed by atoms with Crippen molar-refractivity contribution in [3.63, 3.8) is 0 Å². The molecule has 0 bridgehead atoms. The van der Waals surface area contributed by atoms with E-state index in [9.17, 15) is 10.2 Å². The first-order valence-corrected chi connectivity index (χ1v) is 22.0. The number of nitrogens with zero attached hydrogens (tertiary/aromatic N) is 4. The number of aliphatic hydroxyl groups excluding tert-OH is 4. The molecule has 0 spiro atoms. The molecule has 0 aliphatic heterocycles. The molecule has 24 nitrogen and oxygen atoms in total. The third-order valence-electron chi connectivity index (χ3n) is 8.61. The zero-order valence-corrected chi connectivity index (χ0v) is 41.4. The Morgan fingerprint density at radius 3 is 1.09 bits per heavy atom. The van der Waals surface area contributed by atoms with Gasteiger partial charge in [-0.05, 0) is 26.7 Å². The number of ether oxygens (including phenoxy) is 6. The minimum atomic E-state index is -0.763. The van der Waals surface area contributed by atoms with Gasteiger partial charge in [-0.25, -0.2) is 19.6 Å². The van der Waals surface area contributed by atoms with E-state index in [0.29, 0.717) is 71.9 Å². The summed E-state index contributed by atoms with van der Waals surface area (Å²) in [5, 5.41) is 73.0. The van der Waals surface area contributed by atoms with Crippen molar-refractivity contribution in [2.45, 2.75) is 51.4 Å². The van der Waals surface area contributed by atoms with Gasteiger partial charge in [0.15, 0.2) is 0 Å². The summed E-state index contributed by atoms with van der Waals surface area (Å²) >= 11 is 0. The van der Waals surface area contributed by atoms with Crippen molar-refractivity contribution in [2.75, 3.05) is 171 Å². The summed E-state index contributed by atoms with van der Waals surface area (Å²) in [6.45, 7) is 37.5. The summed E-state index contributed by atoms with van der Waals surface area (Å²) in [7, 11) is 0. The Balaban J connectivity index is -0.000000570. The lowest BCUT2D eigenvalue weighted by Gasteiger charge is -2.36. The largest absolute Gasteiger partial charge is 0.396 e. The fourth-order valence-corrected chi connectivity index (χ4v) is 5.46. The summed E-state index contributed by atoms with van der Waals surface area (Å²) in [6.07, 6.45) is -1.54. The lowest BCUT2D eigenvalue weighted by molar-refractivity contribution is -0.262. The summed E-state index contributed by atoms with van der Waals surface area (Å²) in [6, 6.07) is 0. The van der Waals surface area contributed by atoms with E-state index in [1.54, 1.807) is 23.6 Å². The van der Waals surface area contributed by atoms with Crippen molar-refractivity contribution in [1.29, 1.82) is 0 Å². The minimum absolute atomic E-state index is 0.00904. The SMILES string of the molecule is C=C.C=C.C=C.C=C.C=O.C=O.CC(OCC(OC(C)N(CCOO)CCOO)C(COCCN(CCCO)CCOCCO)OCCN(CCCO)CCOCCO)N(CCOO)CCOO. The van der Waals surface area contributed by atoms with E-state index in [1.807, 2.05) is 13.6 Å². The van der Waals surface area contributed by atoms with Crippen LogP contribution < -0.4 is 0 Å². The van der Waals surface area contributed by atoms with Crippen molar-refractivity contribution in [3.05, 3.63) is 52.6 Å². The molecule has 0 aliphatic rings. The summed E-state index contributed by atoms with van der Waals surface area (Å²) in [5.41, 5.74) is 0. The number of carbonyl (C=O) groups is 2. The molecule has 0 heterocycles. The Kier molecular flexibility index (Phi) is 85.8. The van der Waals surface area contributed by atoms with Gasteiger partial charge >= 0.3 is 0 Å². The lowest BCUT2D eigenvalue weighted by Crippen LogP contribution is -2.49. The third-order valence-corrected chi connectivity index (χ3v) is 8.61. The first-order chi connectivity index (χ1) is 33.3. The van der Waals surface area contributed by atoms with Crippen LogP contribution in [0.4, 0.5) is 0 Å². The molecule has 0 aromatic carbocycles. The molecule has 0 aliphatic carbocycles. The van der Waals surface area contributed by atoms with Crippen LogP contribution in [0, 0.1) is 0 Å². The average Bonchev–Trinajstić information content (AvgIpc) is 3.39. The van der Waals surface area contributed by atoms with Gasteiger partial charge in [0.1, 0.15) is 38.2 Å². The summed E-state index contributed by atoms with van der Waals surface area (Å²) in [5.74, 6) is 0. The summed E-state index contributed by atoms with van der Waals surface area (Å²) < 4.78 is 36.5. The van der Waals surface area contributed by atoms with Crippen molar-refractivity contribution in [3.8, 4) is 0 Å². The molecule has 0 radical (unpaired) electrons. The van der Waals surface area contributed by atoms with Gasteiger partial charge in [-0.15, -0.1) is 52.6 Å². The van der Waals surface area contributed by atoms with Crippen molar-refractivity contribution in [2.24, 2.45) is 0 Å². The van der Waals surface area contributed by atoms with Gasteiger partial charge in [-0.1, -0.05) is 0 Å². The molecule has 0 rings (SSSR count). The number of rotatable bonds is 45. The number of aliphatic hydroxyl groups is 4. The van der Waals surface area contributed by atoms with Crippen LogP contribution in [0.15, 0.2) is 52.6 Å². The van der Waals surface area contributed by atoms with Gasteiger partial charge in [0.2, 0.25) is 0 Å². The van der Waals surface area contributed by atoms with Crippen LogP contribution in [0.25, 0.3) is 0 Å². The van der Waals surface area contributed by atoms with Crippen molar-refractivity contribution >= 4 is 13.6 Å². The second-order valence-corrected chi connectivity index (χ2v) is 12.6. The lowest BCUT2D eigenvalue weighted by atomic mass is 10.2. The van der Waals surface area contributed by atoms with Crippen LogP contribution in [0.3, 0.4) is 0 Å². The van der Waals surface area contributed by atoms with Crippen LogP contribution in [0.2, 0.25) is 0 Å². The normalized spacial score (nSPS) is 12.3. The van der Waals surface area contributed by atoms with Crippen LogP contribution in [-0.2, 0) is 57.6 Å². The van der Waals surface area contributed by atoms with E-state index >= 15 is 0 Å². The molecule has 68 heavy (non-hydrogen) atoms. The van der Waals surface area contributed by atoms with E-state index in [-0.39, 0.29) is 112 Å². The molecule has 0 saturated heterocycles. The van der Waals surface area contributed by atoms with E-state index in [2.05, 4.69) is 82.0 Å². The highest BCUT2D eigenvalue weighted by atomic mass is 17.1. The molecule has 4 unspecified atom stereocenters. The highest BCUT2D eigenvalue weighted by Crippen LogP contribution is 2.15. The number of hydrogen-bond acceptors (Lipinski definition) is 24. The molecular formula is C44H94N4O20. The number of hydrogen-bond donors (Lipinski definition) is 8. The van der Waals surface area contributed by atoms with Crippen LogP contribution in [0.5, 0.6) is 0 Å². The van der Waals surface area contributed by atoms with E-state index in [1.165, 1.54) is 0 Å². The first kappa shape index (κ1) is 79.5. The zero-order chi connectivity index (χ0) is 53.5. The minimum Gasteiger partial charge on any atom is -0.396 e. The summed E-state index contributed by atoms with van der Waals surface area (Å²) in [4.78, 5) is 40.9. The first-order valence-electron chi connectivity index (χ1n) is 22.0. The Morgan fingerprint density at radius 2 is 0.735 bits per heavy atom. The van der Waals surface area contributed by atoms with Gasteiger partial charge in [0.05, 0.1) is 92.5 Å². The smallest absolute Gasteiger partial charge is 0.111 e. The molecular weight excluding hydrogens is 904 g/mol. The Hall–Kier alpha value is -2.58. The van der Waals surface area contributed by atoms with Gasteiger partial charge in [-0.3, -0.25) is 40.6 Å². The van der Waals surface area contributed by atoms with Crippen LogP contribution in [0.1, 0.15) is 26.7 Å². The molecule has 0 fully saturated rings.